The van der Waals surface area contributed by atoms with Gasteiger partial charge in [0.2, 0.25) is 0 Å². The van der Waals surface area contributed by atoms with Gasteiger partial charge in [-0.1, -0.05) is 0 Å². The fraction of sp³-hybridized carbons (Fsp3) is 0.800. The van der Waals surface area contributed by atoms with E-state index in [1.54, 1.807) is 0 Å². The standard InChI is InChI=1S/C5H10FNO3S/c6-4-5(8)7-2-1-3-11(9)10/h1-4H2,(H,7,8)(H,9,10). The predicted octanol–water partition coefficient (Wildman–Crippen LogP) is -0.316. The highest BCUT2D eigenvalue weighted by molar-refractivity contribution is 7.79. The zero-order chi connectivity index (χ0) is 8.69. The van der Waals surface area contributed by atoms with Gasteiger partial charge in [-0.05, 0) is 6.42 Å². The lowest BCUT2D eigenvalue weighted by Crippen LogP contribution is -2.26. The van der Waals surface area contributed by atoms with Gasteiger partial charge in [-0.3, -0.25) is 4.79 Å². The fourth-order valence-electron chi connectivity index (χ4n) is 0.471. The third-order valence-electron chi connectivity index (χ3n) is 0.939. The molecule has 0 aromatic heterocycles. The number of hydrogen-bond donors (Lipinski definition) is 2. The predicted molar refractivity (Wildman–Crippen MR) is 39.2 cm³/mol. The molecule has 0 radical (unpaired) electrons. The van der Waals surface area contributed by atoms with Gasteiger partial charge >= 0.3 is 0 Å². The second-order valence-electron chi connectivity index (χ2n) is 1.86. The van der Waals surface area contributed by atoms with E-state index in [0.717, 1.165) is 0 Å². The van der Waals surface area contributed by atoms with Crippen LogP contribution in [-0.2, 0) is 15.9 Å². The summed E-state index contributed by atoms with van der Waals surface area (Å²) in [5.74, 6) is -0.583. The number of alkyl halides is 1. The van der Waals surface area contributed by atoms with Gasteiger partial charge in [-0.2, -0.15) is 0 Å². The Kier molecular flexibility index (Phi) is 5.96. The van der Waals surface area contributed by atoms with E-state index in [1.807, 2.05) is 0 Å². The summed E-state index contributed by atoms with van der Waals surface area (Å²) in [6, 6.07) is 0. The summed E-state index contributed by atoms with van der Waals surface area (Å²) in [5.41, 5.74) is 0. The maximum absolute atomic E-state index is 11.5. The zero-order valence-electron chi connectivity index (χ0n) is 5.88. The average molecular weight is 183 g/mol. The van der Waals surface area contributed by atoms with Crippen LogP contribution in [0.25, 0.3) is 0 Å². The molecule has 0 aliphatic heterocycles. The van der Waals surface area contributed by atoms with Crippen molar-refractivity contribution in [2.75, 3.05) is 19.0 Å². The number of nitrogens with one attached hydrogen (secondary N) is 1. The molecule has 0 aliphatic carbocycles. The van der Waals surface area contributed by atoms with E-state index in [9.17, 15) is 13.4 Å². The van der Waals surface area contributed by atoms with Crippen molar-refractivity contribution in [3.63, 3.8) is 0 Å². The smallest absolute Gasteiger partial charge is 0.251 e. The van der Waals surface area contributed by atoms with E-state index < -0.39 is 23.7 Å². The Morgan fingerprint density at radius 3 is 2.73 bits per heavy atom. The highest BCUT2D eigenvalue weighted by Gasteiger charge is 1.98. The van der Waals surface area contributed by atoms with Crippen molar-refractivity contribution in [2.45, 2.75) is 6.42 Å². The minimum Gasteiger partial charge on any atom is -0.354 e. The van der Waals surface area contributed by atoms with E-state index >= 15 is 0 Å². The monoisotopic (exact) mass is 183 g/mol. The summed E-state index contributed by atoms with van der Waals surface area (Å²) in [6.07, 6.45) is 0.384. The molecule has 0 saturated heterocycles. The molecule has 0 bridgehead atoms. The minimum atomic E-state index is -1.83. The van der Waals surface area contributed by atoms with Gasteiger partial charge in [-0.15, -0.1) is 0 Å². The Morgan fingerprint density at radius 2 is 2.27 bits per heavy atom. The number of rotatable bonds is 5. The van der Waals surface area contributed by atoms with Crippen LogP contribution in [0.5, 0.6) is 0 Å². The first-order valence-electron chi connectivity index (χ1n) is 3.07. The van der Waals surface area contributed by atoms with Crippen LogP contribution in [-0.4, -0.2) is 33.6 Å². The normalized spacial score (nSPS) is 12.5. The van der Waals surface area contributed by atoms with Gasteiger partial charge in [0.1, 0.15) is 0 Å². The number of halogens is 1. The van der Waals surface area contributed by atoms with Crippen LogP contribution >= 0.6 is 0 Å². The van der Waals surface area contributed by atoms with Crippen LogP contribution in [0.15, 0.2) is 0 Å². The van der Waals surface area contributed by atoms with Crippen LogP contribution in [0.1, 0.15) is 6.42 Å². The molecule has 66 valence electrons. The molecule has 4 nitrogen and oxygen atoms in total. The van der Waals surface area contributed by atoms with Gasteiger partial charge in [0.05, 0.1) is 5.75 Å². The maximum Gasteiger partial charge on any atom is 0.251 e. The Labute approximate surface area is 66.5 Å². The highest BCUT2D eigenvalue weighted by Crippen LogP contribution is 1.81. The summed E-state index contributed by atoms with van der Waals surface area (Å²) >= 11 is -1.83. The Hall–Kier alpha value is -0.490. The van der Waals surface area contributed by atoms with Gasteiger partial charge in [-0.25, -0.2) is 8.60 Å². The SMILES string of the molecule is O=C(CF)NCCCS(=O)O. The third-order valence-corrected chi connectivity index (χ3v) is 1.58. The van der Waals surface area contributed by atoms with Gasteiger partial charge < -0.3 is 9.87 Å². The quantitative estimate of drug-likeness (QED) is 0.453. The number of amides is 1. The lowest BCUT2D eigenvalue weighted by molar-refractivity contribution is -0.121. The lowest BCUT2D eigenvalue weighted by atomic mass is 10.5. The van der Waals surface area contributed by atoms with Crippen molar-refractivity contribution in [2.24, 2.45) is 0 Å². The van der Waals surface area contributed by atoms with Crippen LogP contribution in [0.2, 0.25) is 0 Å². The molecule has 6 heteroatoms. The molecule has 0 aliphatic rings. The minimum absolute atomic E-state index is 0.104. The Morgan fingerprint density at radius 1 is 1.64 bits per heavy atom. The number of carbonyl (C=O) groups excluding carboxylic acids is 1. The van der Waals surface area contributed by atoms with Crippen molar-refractivity contribution < 1.29 is 17.9 Å². The van der Waals surface area contributed by atoms with Crippen molar-refractivity contribution >= 4 is 17.0 Å². The third kappa shape index (κ3) is 7.41. The molecule has 1 atom stereocenters. The lowest BCUT2D eigenvalue weighted by Gasteiger charge is -1.99. The van der Waals surface area contributed by atoms with Gasteiger partial charge in [0, 0.05) is 6.54 Å². The second-order valence-corrected chi connectivity index (χ2v) is 2.91. The van der Waals surface area contributed by atoms with E-state index in [0.29, 0.717) is 6.42 Å². The molecule has 11 heavy (non-hydrogen) atoms. The van der Waals surface area contributed by atoms with Crippen molar-refractivity contribution in [3.05, 3.63) is 0 Å². The number of carbonyl (C=O) groups is 1. The van der Waals surface area contributed by atoms with Crippen molar-refractivity contribution in [3.8, 4) is 0 Å². The Bertz CT molecular complexity index is 153. The molecule has 1 unspecified atom stereocenters. The second kappa shape index (κ2) is 6.23. The summed E-state index contributed by atoms with van der Waals surface area (Å²) in [7, 11) is 0. The van der Waals surface area contributed by atoms with Crippen molar-refractivity contribution in [1.82, 2.24) is 5.32 Å². The first-order valence-corrected chi connectivity index (χ1v) is 4.34. The molecule has 0 heterocycles. The van der Waals surface area contributed by atoms with Crippen LogP contribution in [0.3, 0.4) is 0 Å². The topological polar surface area (TPSA) is 66.4 Å². The van der Waals surface area contributed by atoms with Crippen LogP contribution in [0, 0.1) is 0 Å². The van der Waals surface area contributed by atoms with Crippen LogP contribution < -0.4 is 5.32 Å². The van der Waals surface area contributed by atoms with E-state index in [2.05, 4.69) is 5.32 Å². The molecule has 0 aromatic rings. The van der Waals surface area contributed by atoms with Gasteiger partial charge in [0.15, 0.2) is 17.8 Å². The first-order chi connectivity index (χ1) is 5.16. The molecular weight excluding hydrogens is 173 g/mol. The van der Waals surface area contributed by atoms with Gasteiger partial charge in [0.25, 0.3) is 5.91 Å². The maximum atomic E-state index is 11.5. The first kappa shape index (κ1) is 10.5. The molecule has 2 N–H and O–H groups in total. The summed E-state index contributed by atoms with van der Waals surface area (Å²) in [5, 5.41) is 2.23. The molecule has 1 amide bonds. The molecule has 0 aromatic carbocycles. The Balaban J connectivity index is 3.14. The van der Waals surface area contributed by atoms with E-state index in [1.165, 1.54) is 0 Å². The largest absolute Gasteiger partial charge is 0.354 e. The average Bonchev–Trinajstić information content (AvgIpc) is 1.97. The molecule has 0 spiro atoms. The van der Waals surface area contributed by atoms with Crippen LogP contribution in [0.4, 0.5) is 4.39 Å². The molecule has 0 saturated carbocycles. The highest BCUT2D eigenvalue weighted by atomic mass is 32.2. The molecule has 0 rings (SSSR count). The molecule has 0 fully saturated rings. The number of hydrogen-bond acceptors (Lipinski definition) is 2. The zero-order valence-corrected chi connectivity index (χ0v) is 6.69. The molecular formula is C5H10FNO3S. The summed E-state index contributed by atoms with van der Waals surface area (Å²) in [6.45, 7) is -0.794. The fourth-order valence-corrected chi connectivity index (χ4v) is 0.862. The van der Waals surface area contributed by atoms with Crippen molar-refractivity contribution in [1.29, 1.82) is 0 Å². The summed E-state index contributed by atoms with van der Waals surface area (Å²) < 4.78 is 29.7. The summed E-state index contributed by atoms with van der Waals surface area (Å²) in [4.78, 5) is 10.2. The van der Waals surface area contributed by atoms with E-state index in [-0.39, 0.29) is 12.3 Å². The van der Waals surface area contributed by atoms with E-state index in [4.69, 9.17) is 4.55 Å².